The zero-order valence-electron chi connectivity index (χ0n) is 19.4. The molecule has 1 aliphatic heterocycles. The van der Waals surface area contributed by atoms with Gasteiger partial charge >= 0.3 is 0 Å². The molecule has 1 heterocycles. The minimum Gasteiger partial charge on any atom is -0.489 e. The molecule has 2 atom stereocenters. The van der Waals surface area contributed by atoms with E-state index in [4.69, 9.17) is 4.74 Å². The van der Waals surface area contributed by atoms with Gasteiger partial charge in [-0.3, -0.25) is 19.3 Å². The molecule has 0 unspecified atom stereocenters. The van der Waals surface area contributed by atoms with Crippen molar-refractivity contribution in [1.29, 1.82) is 0 Å². The number of hydrogen-bond acceptors (Lipinski definition) is 4. The van der Waals surface area contributed by atoms with Gasteiger partial charge in [-0.05, 0) is 67.8 Å². The highest BCUT2D eigenvalue weighted by molar-refractivity contribution is 6.22. The van der Waals surface area contributed by atoms with E-state index in [1.54, 1.807) is 48.5 Å². The Morgan fingerprint density at radius 2 is 1.69 bits per heavy atom. The van der Waals surface area contributed by atoms with Gasteiger partial charge in [0.05, 0.1) is 17.5 Å². The first kappa shape index (κ1) is 22.6. The van der Waals surface area contributed by atoms with Gasteiger partial charge in [0.15, 0.2) is 0 Å². The SMILES string of the molecule is CC1=CC[C@@H]2C(=O)N(c3cccc(C(=O)Nc4ccc(OCc5ccccc5)cc4)c3)C(=O)[C@H]2C1. The van der Waals surface area contributed by atoms with Crippen LogP contribution in [-0.2, 0) is 16.2 Å². The van der Waals surface area contributed by atoms with Crippen molar-refractivity contribution in [3.63, 3.8) is 0 Å². The van der Waals surface area contributed by atoms with Crippen molar-refractivity contribution >= 4 is 29.1 Å². The van der Waals surface area contributed by atoms with E-state index in [9.17, 15) is 14.4 Å². The lowest BCUT2D eigenvalue weighted by Gasteiger charge is -2.18. The number of ether oxygens (including phenoxy) is 1. The predicted molar refractivity (Wildman–Crippen MR) is 134 cm³/mol. The van der Waals surface area contributed by atoms with Gasteiger partial charge in [-0.2, -0.15) is 0 Å². The number of carbonyl (C=O) groups is 3. The molecule has 3 amide bonds. The van der Waals surface area contributed by atoms with E-state index in [1.807, 2.05) is 43.3 Å². The number of imide groups is 1. The van der Waals surface area contributed by atoms with Crippen LogP contribution in [-0.4, -0.2) is 17.7 Å². The Balaban J connectivity index is 1.25. The van der Waals surface area contributed by atoms with Gasteiger partial charge in [-0.25, -0.2) is 0 Å². The third-order valence-corrected chi connectivity index (χ3v) is 6.55. The molecule has 2 aliphatic rings. The first-order valence-corrected chi connectivity index (χ1v) is 11.7. The fourth-order valence-corrected chi connectivity index (χ4v) is 4.66. The van der Waals surface area contributed by atoms with Crippen molar-refractivity contribution in [3.8, 4) is 5.75 Å². The zero-order chi connectivity index (χ0) is 24.4. The summed E-state index contributed by atoms with van der Waals surface area (Å²) >= 11 is 0. The molecule has 0 aromatic heterocycles. The Bertz CT molecular complexity index is 1300. The van der Waals surface area contributed by atoms with Crippen LogP contribution in [0.15, 0.2) is 90.5 Å². The highest BCUT2D eigenvalue weighted by atomic mass is 16.5. The van der Waals surface area contributed by atoms with Crippen LogP contribution in [0.25, 0.3) is 0 Å². The lowest BCUT2D eigenvalue weighted by molar-refractivity contribution is -0.122. The molecule has 6 heteroatoms. The Kier molecular flexibility index (Phi) is 6.19. The van der Waals surface area contributed by atoms with Crippen LogP contribution < -0.4 is 15.0 Å². The number of rotatable bonds is 6. The average molecular weight is 467 g/mol. The second-order valence-corrected chi connectivity index (χ2v) is 9.02. The van der Waals surface area contributed by atoms with E-state index in [0.29, 0.717) is 42.1 Å². The lowest BCUT2D eigenvalue weighted by atomic mass is 9.82. The van der Waals surface area contributed by atoms with Crippen molar-refractivity contribution in [2.24, 2.45) is 11.8 Å². The summed E-state index contributed by atoms with van der Waals surface area (Å²) in [5.74, 6) is -0.618. The van der Waals surface area contributed by atoms with Crippen LogP contribution in [0.5, 0.6) is 5.75 Å². The third-order valence-electron chi connectivity index (χ3n) is 6.55. The van der Waals surface area contributed by atoms with Crippen molar-refractivity contribution < 1.29 is 19.1 Å². The summed E-state index contributed by atoms with van der Waals surface area (Å²) in [5.41, 5.74) is 3.64. The predicted octanol–water partition coefficient (Wildman–Crippen LogP) is 5.36. The van der Waals surface area contributed by atoms with Crippen LogP contribution >= 0.6 is 0 Å². The Morgan fingerprint density at radius 1 is 0.943 bits per heavy atom. The molecule has 0 bridgehead atoms. The highest BCUT2D eigenvalue weighted by Crippen LogP contribution is 2.39. The van der Waals surface area contributed by atoms with Crippen molar-refractivity contribution in [2.45, 2.75) is 26.4 Å². The number of benzene rings is 3. The highest BCUT2D eigenvalue weighted by Gasteiger charge is 2.48. The molecule has 1 N–H and O–H groups in total. The minimum atomic E-state index is -0.321. The van der Waals surface area contributed by atoms with Gasteiger partial charge in [0.2, 0.25) is 11.8 Å². The molecule has 6 nitrogen and oxygen atoms in total. The fraction of sp³-hybridized carbons (Fsp3) is 0.207. The van der Waals surface area contributed by atoms with E-state index in [-0.39, 0.29) is 29.6 Å². The van der Waals surface area contributed by atoms with Crippen LogP contribution in [0.4, 0.5) is 11.4 Å². The number of anilines is 2. The number of nitrogens with one attached hydrogen (secondary N) is 1. The van der Waals surface area contributed by atoms with E-state index in [1.165, 1.54) is 4.90 Å². The van der Waals surface area contributed by atoms with Crippen molar-refractivity contribution in [2.75, 3.05) is 10.2 Å². The maximum Gasteiger partial charge on any atom is 0.255 e. The fourth-order valence-electron chi connectivity index (χ4n) is 4.66. The van der Waals surface area contributed by atoms with Crippen LogP contribution in [0.1, 0.15) is 35.7 Å². The largest absolute Gasteiger partial charge is 0.489 e. The third kappa shape index (κ3) is 4.73. The number of hydrogen-bond donors (Lipinski definition) is 1. The van der Waals surface area contributed by atoms with Gasteiger partial charge in [0, 0.05) is 11.3 Å². The van der Waals surface area contributed by atoms with Gasteiger partial charge in [-0.1, -0.05) is 48.0 Å². The zero-order valence-corrected chi connectivity index (χ0v) is 19.4. The quantitative estimate of drug-likeness (QED) is 0.392. The molecule has 1 aliphatic carbocycles. The maximum atomic E-state index is 13.0. The molecule has 3 aromatic carbocycles. The summed E-state index contributed by atoms with van der Waals surface area (Å²) in [6.45, 7) is 2.45. The standard InChI is InChI=1S/C29H26N2O4/c1-19-10-15-25-26(16-19)29(34)31(28(25)33)23-9-5-8-21(17-23)27(32)30-22-11-13-24(14-12-22)35-18-20-6-3-2-4-7-20/h2-14,17,25-26H,15-16,18H2,1H3,(H,30,32)/t25-,26-/m0/s1. The molecule has 1 saturated heterocycles. The van der Waals surface area contributed by atoms with Gasteiger partial charge in [0.1, 0.15) is 12.4 Å². The number of allylic oxidation sites excluding steroid dienone is 2. The normalized spacial score (nSPS) is 19.2. The molecule has 1 fully saturated rings. The summed E-state index contributed by atoms with van der Waals surface area (Å²) in [4.78, 5) is 40.1. The second kappa shape index (κ2) is 9.58. The number of nitrogens with zero attached hydrogens (tertiary/aromatic N) is 1. The topological polar surface area (TPSA) is 75.7 Å². The van der Waals surface area contributed by atoms with E-state index in [2.05, 4.69) is 5.32 Å². The van der Waals surface area contributed by atoms with E-state index in [0.717, 1.165) is 11.1 Å². The molecule has 0 spiro atoms. The monoisotopic (exact) mass is 466 g/mol. The lowest BCUT2D eigenvalue weighted by Crippen LogP contribution is -2.31. The molecule has 0 radical (unpaired) electrons. The number of fused-ring (bicyclic) bond motifs is 1. The Hall–Kier alpha value is -4.19. The van der Waals surface area contributed by atoms with Crippen LogP contribution in [0, 0.1) is 11.8 Å². The molecule has 35 heavy (non-hydrogen) atoms. The smallest absolute Gasteiger partial charge is 0.255 e. The Morgan fingerprint density at radius 3 is 2.46 bits per heavy atom. The molecular formula is C29H26N2O4. The van der Waals surface area contributed by atoms with Gasteiger partial charge in [-0.15, -0.1) is 0 Å². The van der Waals surface area contributed by atoms with E-state index < -0.39 is 0 Å². The maximum absolute atomic E-state index is 13.0. The average Bonchev–Trinajstić information content (AvgIpc) is 3.13. The molecule has 3 aromatic rings. The van der Waals surface area contributed by atoms with Crippen molar-refractivity contribution in [1.82, 2.24) is 0 Å². The van der Waals surface area contributed by atoms with E-state index >= 15 is 0 Å². The summed E-state index contributed by atoms with van der Waals surface area (Å²) in [6.07, 6.45) is 3.23. The summed E-state index contributed by atoms with van der Waals surface area (Å²) in [7, 11) is 0. The molecule has 176 valence electrons. The second-order valence-electron chi connectivity index (χ2n) is 9.02. The summed E-state index contributed by atoms with van der Waals surface area (Å²) in [6, 6.07) is 23.7. The Labute approximate surface area is 204 Å². The molecular weight excluding hydrogens is 440 g/mol. The van der Waals surface area contributed by atoms with Gasteiger partial charge < -0.3 is 10.1 Å². The first-order chi connectivity index (χ1) is 17.0. The number of amides is 3. The first-order valence-electron chi connectivity index (χ1n) is 11.7. The summed E-state index contributed by atoms with van der Waals surface area (Å²) < 4.78 is 5.79. The van der Waals surface area contributed by atoms with Gasteiger partial charge in [0.25, 0.3) is 5.91 Å². The summed E-state index contributed by atoms with van der Waals surface area (Å²) in [5, 5.41) is 2.86. The minimum absolute atomic E-state index is 0.184. The van der Waals surface area contributed by atoms with Crippen molar-refractivity contribution in [3.05, 3.63) is 102 Å². The molecule has 5 rings (SSSR count). The number of carbonyl (C=O) groups excluding carboxylic acids is 3. The van der Waals surface area contributed by atoms with Crippen LogP contribution in [0.3, 0.4) is 0 Å². The molecule has 0 saturated carbocycles. The van der Waals surface area contributed by atoms with Crippen LogP contribution in [0.2, 0.25) is 0 Å².